The Morgan fingerprint density at radius 2 is 1.96 bits per heavy atom. The van der Waals surface area contributed by atoms with Crippen LogP contribution in [0.4, 0.5) is 0 Å². The van der Waals surface area contributed by atoms with Crippen LogP contribution in [-0.2, 0) is 14.9 Å². The van der Waals surface area contributed by atoms with Gasteiger partial charge < -0.3 is 10.2 Å². The van der Waals surface area contributed by atoms with E-state index in [1.807, 2.05) is 12.1 Å². The van der Waals surface area contributed by atoms with Gasteiger partial charge in [-0.25, -0.2) is 0 Å². The molecule has 8 heteroatoms. The number of nitrogens with zero attached hydrogens (tertiary/aromatic N) is 2. The molecule has 0 bridgehead atoms. The average molecular weight is 369 g/mol. The lowest BCUT2D eigenvalue weighted by Gasteiger charge is -2.36. The molecular weight excluding hydrogens is 342 g/mol. The molecule has 0 radical (unpaired) electrons. The number of rotatable bonds is 7. The molecular formula is C17H27N3O4S. The van der Waals surface area contributed by atoms with Crippen LogP contribution < -0.4 is 5.32 Å². The Labute approximate surface area is 150 Å². The van der Waals surface area contributed by atoms with E-state index in [2.05, 4.69) is 37.9 Å². The molecule has 0 aromatic carbocycles. The number of hydrogen-bond acceptors (Lipinski definition) is 5. The van der Waals surface area contributed by atoms with Crippen LogP contribution in [0.5, 0.6) is 0 Å². The Morgan fingerprint density at radius 1 is 1.36 bits per heavy atom. The van der Waals surface area contributed by atoms with Crippen LogP contribution in [0.1, 0.15) is 40.5 Å². The van der Waals surface area contributed by atoms with Crippen molar-refractivity contribution in [3.63, 3.8) is 0 Å². The average Bonchev–Trinajstić information content (AvgIpc) is 2.46. The van der Waals surface area contributed by atoms with E-state index in [-0.39, 0.29) is 17.5 Å². The Balaban J connectivity index is 3.13. The van der Waals surface area contributed by atoms with Gasteiger partial charge in [0.25, 0.3) is 16.0 Å². The van der Waals surface area contributed by atoms with Gasteiger partial charge in [-0.15, -0.1) is 0 Å². The summed E-state index contributed by atoms with van der Waals surface area (Å²) in [5.74, 6) is -1.20. The molecule has 0 aliphatic heterocycles. The van der Waals surface area contributed by atoms with Gasteiger partial charge >= 0.3 is 0 Å². The van der Waals surface area contributed by atoms with Crippen molar-refractivity contribution >= 4 is 16.0 Å². The SMILES string of the molecule is CCN(CC)C1=CC(=C(C#N)C(=O)NCCS(=O)(=O)O)CC(C)(C)C1. The van der Waals surface area contributed by atoms with Gasteiger partial charge in [0, 0.05) is 25.3 Å². The molecule has 0 unspecified atom stereocenters. The Morgan fingerprint density at radius 3 is 2.44 bits per heavy atom. The van der Waals surface area contributed by atoms with Crippen molar-refractivity contribution < 1.29 is 17.8 Å². The summed E-state index contributed by atoms with van der Waals surface area (Å²) < 4.78 is 30.2. The molecule has 1 aliphatic carbocycles. The van der Waals surface area contributed by atoms with Crippen molar-refractivity contribution in [1.82, 2.24) is 10.2 Å². The monoisotopic (exact) mass is 369 g/mol. The van der Waals surface area contributed by atoms with Crippen LogP contribution in [0.25, 0.3) is 0 Å². The van der Waals surface area contributed by atoms with Gasteiger partial charge in [-0.2, -0.15) is 13.7 Å². The van der Waals surface area contributed by atoms with Crippen molar-refractivity contribution in [2.45, 2.75) is 40.5 Å². The van der Waals surface area contributed by atoms with Gasteiger partial charge in [-0.1, -0.05) is 13.8 Å². The highest BCUT2D eigenvalue weighted by molar-refractivity contribution is 7.85. The van der Waals surface area contributed by atoms with E-state index in [0.29, 0.717) is 12.0 Å². The largest absolute Gasteiger partial charge is 0.375 e. The third kappa shape index (κ3) is 6.52. The molecule has 0 heterocycles. The van der Waals surface area contributed by atoms with Gasteiger partial charge in [-0.3, -0.25) is 9.35 Å². The topological polar surface area (TPSA) is 111 Å². The van der Waals surface area contributed by atoms with Gasteiger partial charge in [-0.05, 0) is 43.8 Å². The summed E-state index contributed by atoms with van der Waals surface area (Å²) in [5.41, 5.74) is 1.66. The zero-order valence-corrected chi connectivity index (χ0v) is 16.1. The summed E-state index contributed by atoms with van der Waals surface area (Å²) in [6.45, 7) is 9.74. The number of amides is 1. The zero-order chi connectivity index (χ0) is 19.3. The van der Waals surface area contributed by atoms with Crippen molar-refractivity contribution in [3.8, 4) is 6.07 Å². The maximum Gasteiger partial charge on any atom is 0.266 e. The molecule has 0 aromatic rings. The number of hydrogen-bond donors (Lipinski definition) is 2. The van der Waals surface area contributed by atoms with Gasteiger partial charge in [0.15, 0.2) is 0 Å². The first-order valence-electron chi connectivity index (χ1n) is 8.35. The number of allylic oxidation sites excluding steroid dienone is 3. The zero-order valence-electron chi connectivity index (χ0n) is 15.3. The molecule has 0 saturated heterocycles. The molecule has 0 saturated carbocycles. The fourth-order valence-electron chi connectivity index (χ4n) is 3.02. The lowest BCUT2D eigenvalue weighted by molar-refractivity contribution is -0.117. The summed E-state index contributed by atoms with van der Waals surface area (Å²) in [6.07, 6.45) is 3.35. The number of nitriles is 1. The summed E-state index contributed by atoms with van der Waals surface area (Å²) in [5, 5.41) is 11.8. The normalized spacial score (nSPS) is 18.8. The summed E-state index contributed by atoms with van der Waals surface area (Å²) >= 11 is 0. The summed E-state index contributed by atoms with van der Waals surface area (Å²) in [7, 11) is -4.15. The molecule has 0 fully saturated rings. The molecule has 140 valence electrons. The van der Waals surface area contributed by atoms with Crippen LogP contribution in [0.2, 0.25) is 0 Å². The van der Waals surface area contributed by atoms with E-state index in [0.717, 1.165) is 25.2 Å². The predicted octanol–water partition coefficient (Wildman–Crippen LogP) is 1.86. The van der Waals surface area contributed by atoms with Crippen LogP contribution in [0.15, 0.2) is 22.9 Å². The van der Waals surface area contributed by atoms with E-state index < -0.39 is 21.8 Å². The molecule has 1 aliphatic rings. The first-order chi connectivity index (χ1) is 11.5. The Hall–Kier alpha value is -1.85. The molecule has 1 rings (SSSR count). The minimum atomic E-state index is -4.15. The second kappa shape index (κ2) is 8.50. The van der Waals surface area contributed by atoms with E-state index >= 15 is 0 Å². The third-order valence-corrected chi connectivity index (χ3v) is 4.86. The van der Waals surface area contributed by atoms with Crippen molar-refractivity contribution in [2.24, 2.45) is 5.41 Å². The summed E-state index contributed by atoms with van der Waals surface area (Å²) in [4.78, 5) is 14.5. The number of carbonyl (C=O) groups is 1. The van der Waals surface area contributed by atoms with Crippen molar-refractivity contribution in [3.05, 3.63) is 22.9 Å². The maximum absolute atomic E-state index is 12.3. The van der Waals surface area contributed by atoms with E-state index in [1.165, 1.54) is 0 Å². The third-order valence-electron chi connectivity index (χ3n) is 4.14. The molecule has 0 aromatic heterocycles. The molecule has 1 amide bonds. The maximum atomic E-state index is 12.3. The first-order valence-corrected chi connectivity index (χ1v) is 9.96. The van der Waals surface area contributed by atoms with Crippen molar-refractivity contribution in [1.29, 1.82) is 5.26 Å². The fourth-order valence-corrected chi connectivity index (χ4v) is 3.38. The highest BCUT2D eigenvalue weighted by atomic mass is 32.2. The lowest BCUT2D eigenvalue weighted by atomic mass is 9.75. The smallest absolute Gasteiger partial charge is 0.266 e. The quantitative estimate of drug-likeness (QED) is 0.402. The van der Waals surface area contributed by atoms with Gasteiger partial charge in [0.1, 0.15) is 11.6 Å². The highest BCUT2D eigenvalue weighted by Gasteiger charge is 2.30. The van der Waals surface area contributed by atoms with Gasteiger partial charge in [0.05, 0.1) is 5.75 Å². The highest BCUT2D eigenvalue weighted by Crippen LogP contribution is 2.40. The Kier molecular flexibility index (Phi) is 7.20. The minimum absolute atomic E-state index is 0.00670. The second-order valence-corrected chi connectivity index (χ2v) is 8.45. The van der Waals surface area contributed by atoms with Crippen LogP contribution in [-0.4, -0.2) is 49.2 Å². The lowest BCUT2D eigenvalue weighted by Crippen LogP contribution is -2.32. The van der Waals surface area contributed by atoms with Crippen LogP contribution in [0.3, 0.4) is 0 Å². The summed E-state index contributed by atoms with van der Waals surface area (Å²) in [6, 6.07) is 1.95. The first kappa shape index (κ1) is 21.2. The molecule has 7 nitrogen and oxygen atoms in total. The predicted molar refractivity (Wildman–Crippen MR) is 96.1 cm³/mol. The van der Waals surface area contributed by atoms with E-state index in [9.17, 15) is 18.5 Å². The van der Waals surface area contributed by atoms with Crippen molar-refractivity contribution in [2.75, 3.05) is 25.4 Å². The standard InChI is InChI=1S/C17H27N3O4S/c1-5-20(6-2)14-9-13(10-17(3,4)11-14)15(12-18)16(21)19-7-8-25(22,23)24/h9H,5-8,10-11H2,1-4H3,(H,19,21)(H,22,23,24). The minimum Gasteiger partial charge on any atom is -0.375 e. The van der Waals surface area contributed by atoms with Gasteiger partial charge in [0.2, 0.25) is 0 Å². The second-order valence-electron chi connectivity index (χ2n) is 6.88. The number of nitrogens with one attached hydrogen (secondary N) is 1. The van der Waals surface area contributed by atoms with E-state index in [4.69, 9.17) is 4.55 Å². The molecule has 0 spiro atoms. The molecule has 0 atom stereocenters. The van der Waals surface area contributed by atoms with E-state index in [1.54, 1.807) is 0 Å². The van der Waals surface area contributed by atoms with Crippen LogP contribution in [0, 0.1) is 16.7 Å². The van der Waals surface area contributed by atoms with Crippen LogP contribution >= 0.6 is 0 Å². The Bertz CT molecular complexity index is 711. The molecule has 25 heavy (non-hydrogen) atoms. The number of carbonyl (C=O) groups excluding carboxylic acids is 1. The fraction of sp³-hybridized carbons (Fsp3) is 0.647. The molecule has 2 N–H and O–H groups in total.